The molecule has 0 heterocycles. The van der Waals surface area contributed by atoms with E-state index in [2.05, 4.69) is 6.58 Å². The van der Waals surface area contributed by atoms with E-state index in [0.717, 1.165) is 0 Å². The van der Waals surface area contributed by atoms with E-state index < -0.39 is 0 Å². The van der Waals surface area contributed by atoms with Crippen LogP contribution in [0.4, 0.5) is 4.39 Å². The van der Waals surface area contributed by atoms with Crippen LogP contribution < -0.4 is 0 Å². The van der Waals surface area contributed by atoms with Crippen LogP contribution in [0.15, 0.2) is 12.9 Å². The zero-order chi connectivity index (χ0) is 2.71. The Morgan fingerprint density at radius 2 is 1.75 bits per heavy atom. The summed E-state index contributed by atoms with van der Waals surface area (Å²) < 4.78 is 10.1. The molecule has 24 valence electrons. The standard InChI is InChI=1S/C2H3F.Pb.2H/c1-2-3;;;/h2H,1H2;;;. The van der Waals surface area contributed by atoms with Crippen LogP contribution in [-0.4, -0.2) is 27.3 Å². The van der Waals surface area contributed by atoms with Crippen molar-refractivity contribution in [1.82, 2.24) is 0 Å². The van der Waals surface area contributed by atoms with Crippen molar-refractivity contribution < 1.29 is 4.39 Å². The Morgan fingerprint density at radius 1 is 1.75 bits per heavy atom. The Kier molecular flexibility index (Phi) is 21.0. The van der Waals surface area contributed by atoms with Crippen LogP contribution in [0.5, 0.6) is 0 Å². The second-order valence-corrected chi connectivity index (χ2v) is 0.154. The van der Waals surface area contributed by atoms with Crippen LogP contribution in [-0.2, 0) is 0 Å². The minimum absolute atomic E-state index is 0. The predicted octanol–water partition coefficient (Wildman–Crippen LogP) is 0.183. The van der Waals surface area contributed by atoms with E-state index in [1.807, 2.05) is 0 Å². The fourth-order valence-corrected chi connectivity index (χ4v) is 0. The number of rotatable bonds is 0. The zero-order valence-electron chi connectivity index (χ0n) is 2.37. The maximum atomic E-state index is 10.1. The third kappa shape index (κ3) is 18.7. The van der Waals surface area contributed by atoms with Gasteiger partial charge in [0.25, 0.3) is 0 Å². The summed E-state index contributed by atoms with van der Waals surface area (Å²) in [7, 11) is 0. The first-order chi connectivity index (χ1) is 1.41. The van der Waals surface area contributed by atoms with Crippen molar-refractivity contribution in [3.63, 3.8) is 0 Å². The van der Waals surface area contributed by atoms with Crippen LogP contribution >= 0.6 is 0 Å². The van der Waals surface area contributed by atoms with Gasteiger partial charge in [-0.1, -0.05) is 6.58 Å². The van der Waals surface area contributed by atoms with Crippen LogP contribution in [0.25, 0.3) is 0 Å². The van der Waals surface area contributed by atoms with Crippen molar-refractivity contribution >= 4 is 27.3 Å². The summed E-state index contributed by atoms with van der Waals surface area (Å²) in [5, 5.41) is 0. The third-order valence-electron chi connectivity index (χ3n) is 0. The van der Waals surface area contributed by atoms with E-state index in [4.69, 9.17) is 0 Å². The Balaban J connectivity index is 0. The van der Waals surface area contributed by atoms with E-state index in [1.54, 1.807) is 0 Å². The average molecular weight is 255 g/mol. The average Bonchev–Trinajstić information content (AvgIpc) is 0.918. The molecule has 0 aliphatic rings. The Bertz CT molecular complexity index is 13.5. The fourth-order valence-electron chi connectivity index (χ4n) is 0. The molecule has 0 atom stereocenters. The van der Waals surface area contributed by atoms with E-state index >= 15 is 0 Å². The molecule has 0 amide bonds. The van der Waals surface area contributed by atoms with Crippen molar-refractivity contribution in [2.75, 3.05) is 0 Å². The molecule has 0 aromatic rings. The second-order valence-electron chi connectivity index (χ2n) is 0.154. The molecule has 0 unspecified atom stereocenters. The molecule has 0 saturated heterocycles. The summed E-state index contributed by atoms with van der Waals surface area (Å²) in [6, 6.07) is 0. The van der Waals surface area contributed by atoms with Crippen molar-refractivity contribution in [2.24, 2.45) is 0 Å². The summed E-state index contributed by atoms with van der Waals surface area (Å²) in [6.07, 6.45) is 0.250. The van der Waals surface area contributed by atoms with Gasteiger partial charge >= 0.3 is 27.3 Å². The molecule has 0 saturated carbocycles. The Hall–Kier alpha value is 0.592. The monoisotopic (exact) mass is 256 g/mol. The number of hydrogen-bond acceptors (Lipinski definition) is 0. The van der Waals surface area contributed by atoms with Crippen LogP contribution in [0.1, 0.15) is 0 Å². The first kappa shape index (κ1) is 8.82. The quantitative estimate of drug-likeness (QED) is 0.542. The molecule has 2 radical (unpaired) electrons. The van der Waals surface area contributed by atoms with Crippen molar-refractivity contribution in [2.45, 2.75) is 0 Å². The molecule has 0 fully saturated rings. The van der Waals surface area contributed by atoms with Gasteiger partial charge in [-0.25, -0.2) is 4.39 Å². The van der Waals surface area contributed by atoms with Gasteiger partial charge in [0, 0.05) is 0 Å². The van der Waals surface area contributed by atoms with Gasteiger partial charge in [-0.3, -0.25) is 0 Å². The molecule has 0 spiro atoms. The Morgan fingerprint density at radius 3 is 1.75 bits per heavy atom. The molecular formula is C2H5FPb. The first-order valence-corrected chi connectivity index (χ1v) is 0.626. The third-order valence-corrected chi connectivity index (χ3v) is 0. The van der Waals surface area contributed by atoms with E-state index in [0.29, 0.717) is 0 Å². The summed E-state index contributed by atoms with van der Waals surface area (Å²) >= 11 is 0. The minimum atomic E-state index is 0. The molecular weight excluding hydrogens is 250 g/mol. The van der Waals surface area contributed by atoms with Gasteiger partial charge in [-0.2, -0.15) is 0 Å². The van der Waals surface area contributed by atoms with Gasteiger partial charge in [0.2, 0.25) is 0 Å². The zero-order valence-corrected chi connectivity index (χ0v) is 7.87. The van der Waals surface area contributed by atoms with Crippen molar-refractivity contribution in [3.8, 4) is 0 Å². The number of hydrogen-bond donors (Lipinski definition) is 0. The second kappa shape index (κ2) is 9.52. The molecule has 0 rings (SSSR count). The van der Waals surface area contributed by atoms with Crippen LogP contribution in [0.2, 0.25) is 0 Å². The molecule has 0 aliphatic carbocycles. The number of halogens is 1. The van der Waals surface area contributed by atoms with Gasteiger partial charge in [0.1, 0.15) is 0 Å². The molecule has 2 heteroatoms. The molecule has 0 N–H and O–H groups in total. The van der Waals surface area contributed by atoms with Gasteiger partial charge in [-0.05, 0) is 0 Å². The molecule has 4 heavy (non-hydrogen) atoms. The first-order valence-electron chi connectivity index (χ1n) is 0.626. The van der Waals surface area contributed by atoms with E-state index in [1.165, 1.54) is 0 Å². The summed E-state index contributed by atoms with van der Waals surface area (Å²) in [4.78, 5) is 0. The fraction of sp³-hybridized carbons (Fsp3) is 0. The topological polar surface area (TPSA) is 0 Å². The normalized spacial score (nSPS) is 3.25. The van der Waals surface area contributed by atoms with Gasteiger partial charge in [-0.15, -0.1) is 0 Å². The maximum absolute atomic E-state index is 10.1. The van der Waals surface area contributed by atoms with Crippen LogP contribution in [0.3, 0.4) is 0 Å². The van der Waals surface area contributed by atoms with Crippen LogP contribution in [0, 0.1) is 0 Å². The predicted molar refractivity (Wildman–Crippen MR) is 19.8 cm³/mol. The molecule has 0 aromatic heterocycles. The van der Waals surface area contributed by atoms with Crippen molar-refractivity contribution in [1.29, 1.82) is 0 Å². The summed E-state index contributed by atoms with van der Waals surface area (Å²) in [6.45, 7) is 2.69. The summed E-state index contributed by atoms with van der Waals surface area (Å²) in [5.41, 5.74) is 0. The SMILES string of the molecule is C=CF.[PbH2]. The molecule has 0 bridgehead atoms. The van der Waals surface area contributed by atoms with E-state index in [-0.39, 0.29) is 33.6 Å². The van der Waals surface area contributed by atoms with Gasteiger partial charge in [0.05, 0.1) is 6.33 Å². The molecule has 0 aliphatic heterocycles. The van der Waals surface area contributed by atoms with E-state index in [9.17, 15) is 4.39 Å². The Labute approximate surface area is 44.9 Å². The van der Waals surface area contributed by atoms with Gasteiger partial charge < -0.3 is 0 Å². The van der Waals surface area contributed by atoms with Gasteiger partial charge in [0.15, 0.2) is 0 Å². The summed E-state index contributed by atoms with van der Waals surface area (Å²) in [5.74, 6) is 0. The molecule has 0 aromatic carbocycles. The van der Waals surface area contributed by atoms with Crippen molar-refractivity contribution in [3.05, 3.63) is 12.9 Å². The molecule has 0 nitrogen and oxygen atoms in total.